The van der Waals surface area contributed by atoms with Crippen molar-refractivity contribution in [2.45, 2.75) is 45.9 Å². The number of nitrogens with zero attached hydrogens (tertiary/aromatic N) is 2. The van der Waals surface area contributed by atoms with Crippen LogP contribution in [-0.4, -0.2) is 25.2 Å². The standard InChI is InChI=1S/C17H23N3O2S/c1-10-8-15-11(2)6-7-12(3)16(15)20(9-10)23(21,22)17-13(4)18-19-14(17)5/h6-7,10H,8-9H2,1-5H3,(H,18,19). The van der Waals surface area contributed by atoms with E-state index in [1.165, 1.54) is 0 Å². The van der Waals surface area contributed by atoms with Gasteiger partial charge in [-0.3, -0.25) is 9.40 Å². The Morgan fingerprint density at radius 3 is 2.43 bits per heavy atom. The first-order valence-electron chi connectivity index (χ1n) is 7.87. The molecule has 1 aliphatic rings. The molecular formula is C17H23N3O2S. The maximum absolute atomic E-state index is 13.3. The Kier molecular flexibility index (Phi) is 3.75. The lowest BCUT2D eigenvalue weighted by molar-refractivity contribution is 0.542. The van der Waals surface area contributed by atoms with Gasteiger partial charge in [-0.05, 0) is 56.7 Å². The Labute approximate surface area is 137 Å². The molecule has 1 aromatic carbocycles. The second-order valence-electron chi connectivity index (χ2n) is 6.64. The number of rotatable bonds is 2. The highest BCUT2D eigenvalue weighted by Crippen LogP contribution is 2.38. The van der Waals surface area contributed by atoms with Crippen LogP contribution in [0.5, 0.6) is 0 Å². The first kappa shape index (κ1) is 16.1. The van der Waals surface area contributed by atoms with Gasteiger partial charge >= 0.3 is 0 Å². The van der Waals surface area contributed by atoms with E-state index in [1.807, 2.05) is 13.0 Å². The molecule has 0 saturated heterocycles. The predicted octanol–water partition coefficient (Wildman–Crippen LogP) is 3.03. The molecule has 1 aromatic heterocycles. The van der Waals surface area contributed by atoms with E-state index in [0.29, 0.717) is 22.8 Å². The van der Waals surface area contributed by atoms with Crippen molar-refractivity contribution in [1.29, 1.82) is 0 Å². The molecule has 0 saturated carbocycles. The maximum Gasteiger partial charge on any atom is 0.268 e. The number of hydrogen-bond acceptors (Lipinski definition) is 3. The van der Waals surface area contributed by atoms with E-state index in [2.05, 4.69) is 30.1 Å². The summed E-state index contributed by atoms with van der Waals surface area (Å²) in [5.74, 6) is 0.283. The third-order valence-electron chi connectivity index (χ3n) is 4.61. The Morgan fingerprint density at radius 1 is 1.17 bits per heavy atom. The largest absolute Gasteiger partial charge is 0.281 e. The lowest BCUT2D eigenvalue weighted by Gasteiger charge is -2.36. The summed E-state index contributed by atoms with van der Waals surface area (Å²) in [6, 6.07) is 4.08. The average Bonchev–Trinajstić information content (AvgIpc) is 2.82. The Hall–Kier alpha value is -1.82. The molecule has 23 heavy (non-hydrogen) atoms. The molecule has 6 heteroatoms. The van der Waals surface area contributed by atoms with Crippen molar-refractivity contribution in [2.24, 2.45) is 5.92 Å². The number of hydrogen-bond donors (Lipinski definition) is 1. The highest BCUT2D eigenvalue weighted by molar-refractivity contribution is 7.93. The molecule has 5 nitrogen and oxygen atoms in total. The zero-order chi connectivity index (χ0) is 16.9. The van der Waals surface area contributed by atoms with Gasteiger partial charge in [0.15, 0.2) is 0 Å². The van der Waals surface area contributed by atoms with E-state index < -0.39 is 10.0 Å². The summed E-state index contributed by atoms with van der Waals surface area (Å²) in [5.41, 5.74) is 5.26. The molecule has 0 amide bonds. The fourth-order valence-electron chi connectivity index (χ4n) is 3.50. The van der Waals surface area contributed by atoms with Gasteiger partial charge in [0.2, 0.25) is 0 Å². The molecule has 0 radical (unpaired) electrons. The monoisotopic (exact) mass is 333 g/mol. The molecule has 124 valence electrons. The van der Waals surface area contributed by atoms with Gasteiger partial charge in [-0.2, -0.15) is 5.10 Å². The van der Waals surface area contributed by atoms with Gasteiger partial charge in [0.05, 0.1) is 17.1 Å². The summed E-state index contributed by atoms with van der Waals surface area (Å²) in [6.07, 6.45) is 0.915. The molecule has 1 unspecified atom stereocenters. The van der Waals surface area contributed by atoms with Crippen molar-refractivity contribution in [3.63, 3.8) is 0 Å². The predicted molar refractivity (Wildman–Crippen MR) is 91.4 cm³/mol. The molecule has 1 atom stereocenters. The summed E-state index contributed by atoms with van der Waals surface area (Å²) < 4.78 is 28.2. The zero-order valence-corrected chi connectivity index (χ0v) is 15.1. The maximum atomic E-state index is 13.3. The van der Waals surface area contributed by atoms with Gasteiger partial charge in [-0.15, -0.1) is 0 Å². The van der Waals surface area contributed by atoms with Crippen LogP contribution >= 0.6 is 0 Å². The quantitative estimate of drug-likeness (QED) is 0.918. The first-order valence-corrected chi connectivity index (χ1v) is 9.31. The molecule has 2 heterocycles. The van der Waals surface area contributed by atoms with Crippen molar-refractivity contribution in [2.75, 3.05) is 10.8 Å². The number of aryl methyl sites for hydroxylation is 4. The van der Waals surface area contributed by atoms with Crippen LogP contribution in [0.3, 0.4) is 0 Å². The average molecular weight is 333 g/mol. The Morgan fingerprint density at radius 2 is 1.83 bits per heavy atom. The van der Waals surface area contributed by atoms with Crippen molar-refractivity contribution in [3.05, 3.63) is 40.2 Å². The van der Waals surface area contributed by atoms with Gasteiger partial charge in [0, 0.05) is 6.54 Å². The van der Waals surface area contributed by atoms with Crippen molar-refractivity contribution >= 4 is 15.7 Å². The van der Waals surface area contributed by atoms with Crippen LogP contribution in [0, 0.1) is 33.6 Å². The van der Waals surface area contributed by atoms with Gasteiger partial charge in [-0.1, -0.05) is 19.1 Å². The number of aromatic amines is 1. The minimum atomic E-state index is -3.63. The topological polar surface area (TPSA) is 66.1 Å². The van der Waals surface area contributed by atoms with Crippen LogP contribution < -0.4 is 4.31 Å². The smallest absolute Gasteiger partial charge is 0.268 e. The molecule has 0 spiro atoms. The number of sulfonamides is 1. The highest BCUT2D eigenvalue weighted by atomic mass is 32.2. The normalized spacial score (nSPS) is 18.1. The number of nitrogens with one attached hydrogen (secondary N) is 1. The minimum Gasteiger partial charge on any atom is -0.281 e. The SMILES string of the molecule is Cc1ccc(C)c2c1CC(C)CN2S(=O)(=O)c1c(C)n[nH]c1C. The molecular weight excluding hydrogens is 310 g/mol. The van der Waals surface area contributed by atoms with Crippen LogP contribution in [0.4, 0.5) is 5.69 Å². The van der Waals surface area contributed by atoms with Crippen molar-refractivity contribution in [1.82, 2.24) is 10.2 Å². The summed E-state index contributed by atoms with van der Waals surface area (Å²) in [5, 5.41) is 6.85. The highest BCUT2D eigenvalue weighted by Gasteiger charge is 2.36. The van der Waals surface area contributed by atoms with Gasteiger partial charge in [0.1, 0.15) is 4.90 Å². The Balaban J connectivity index is 2.25. The van der Waals surface area contributed by atoms with Gasteiger partial charge in [-0.25, -0.2) is 8.42 Å². The molecule has 0 bridgehead atoms. The number of aromatic nitrogens is 2. The Bertz CT molecular complexity index is 849. The second kappa shape index (κ2) is 5.37. The van der Waals surface area contributed by atoms with Crippen LogP contribution in [0.2, 0.25) is 0 Å². The first-order chi connectivity index (χ1) is 10.7. The zero-order valence-electron chi connectivity index (χ0n) is 14.3. The molecule has 1 aliphatic heterocycles. The second-order valence-corrected chi connectivity index (χ2v) is 8.43. The number of benzene rings is 1. The van der Waals surface area contributed by atoms with E-state index in [1.54, 1.807) is 18.2 Å². The van der Waals surface area contributed by atoms with E-state index >= 15 is 0 Å². The summed E-state index contributed by atoms with van der Waals surface area (Å²) >= 11 is 0. The minimum absolute atomic E-state index is 0.283. The van der Waals surface area contributed by atoms with Gasteiger partial charge < -0.3 is 0 Å². The molecule has 2 aromatic rings. The van der Waals surface area contributed by atoms with Crippen LogP contribution in [0.15, 0.2) is 17.0 Å². The van der Waals surface area contributed by atoms with E-state index in [-0.39, 0.29) is 5.92 Å². The summed E-state index contributed by atoms with van der Waals surface area (Å²) in [4.78, 5) is 0.304. The lowest BCUT2D eigenvalue weighted by atomic mass is 9.90. The molecule has 3 rings (SSSR count). The molecule has 0 aliphatic carbocycles. The molecule has 0 fully saturated rings. The number of H-pyrrole nitrogens is 1. The van der Waals surface area contributed by atoms with E-state index in [9.17, 15) is 8.42 Å². The lowest BCUT2D eigenvalue weighted by Crippen LogP contribution is -2.40. The number of anilines is 1. The van der Waals surface area contributed by atoms with Crippen molar-refractivity contribution in [3.8, 4) is 0 Å². The molecule has 1 N–H and O–H groups in total. The summed E-state index contributed by atoms with van der Waals surface area (Å²) in [6.45, 7) is 10.1. The van der Waals surface area contributed by atoms with E-state index in [0.717, 1.165) is 28.8 Å². The third kappa shape index (κ3) is 2.45. The van der Waals surface area contributed by atoms with Crippen LogP contribution in [-0.2, 0) is 16.4 Å². The van der Waals surface area contributed by atoms with Crippen LogP contribution in [0.25, 0.3) is 0 Å². The summed E-state index contributed by atoms with van der Waals surface area (Å²) in [7, 11) is -3.63. The fraction of sp³-hybridized carbons (Fsp3) is 0.471. The van der Waals surface area contributed by atoms with Crippen LogP contribution in [0.1, 0.15) is 35.0 Å². The van der Waals surface area contributed by atoms with E-state index in [4.69, 9.17) is 0 Å². The number of fused-ring (bicyclic) bond motifs is 1. The third-order valence-corrected chi connectivity index (χ3v) is 6.64. The van der Waals surface area contributed by atoms with Gasteiger partial charge in [0.25, 0.3) is 10.0 Å². The fourth-order valence-corrected chi connectivity index (χ4v) is 5.51. The van der Waals surface area contributed by atoms with Crippen molar-refractivity contribution < 1.29 is 8.42 Å².